The molecule has 0 atom stereocenters. The highest BCUT2D eigenvalue weighted by molar-refractivity contribution is 8.00. The van der Waals surface area contributed by atoms with E-state index in [0.717, 1.165) is 27.7 Å². The van der Waals surface area contributed by atoms with Crippen LogP contribution in [-0.4, -0.2) is 20.7 Å². The van der Waals surface area contributed by atoms with E-state index in [1.54, 1.807) is 17.1 Å². The monoisotopic (exact) mass is 312 g/mol. The Kier molecular flexibility index (Phi) is 3.20. The molecule has 0 aliphatic carbocycles. The Labute approximate surface area is 120 Å². The van der Waals surface area contributed by atoms with Crippen LogP contribution >= 0.6 is 23.1 Å². The summed E-state index contributed by atoms with van der Waals surface area (Å²) in [5, 5.41) is 1.65. The summed E-state index contributed by atoms with van der Waals surface area (Å²) < 4.78 is 27.0. The average molecular weight is 312 g/mol. The number of thioether (sulfide) groups is 1. The number of rotatable bonds is 2. The molecule has 100 valence electrons. The molecule has 0 saturated carbocycles. The lowest BCUT2D eigenvalue weighted by molar-refractivity contribution is 0.593. The van der Waals surface area contributed by atoms with Gasteiger partial charge in [0.2, 0.25) is 0 Å². The van der Waals surface area contributed by atoms with E-state index in [1.807, 2.05) is 24.3 Å². The number of hydrogen-bond donors (Lipinski definition) is 1. The minimum Gasteiger partial charge on any atom is -0.398 e. The molecule has 0 radical (unpaired) electrons. The van der Waals surface area contributed by atoms with Crippen LogP contribution in [-0.2, 0) is 10.0 Å². The van der Waals surface area contributed by atoms with Crippen molar-refractivity contribution in [3.63, 3.8) is 0 Å². The number of benzene rings is 1. The van der Waals surface area contributed by atoms with Crippen molar-refractivity contribution in [1.82, 2.24) is 0 Å². The molecule has 2 N–H and O–H groups in total. The molecule has 1 aliphatic heterocycles. The normalized spacial score (nSPS) is 15.3. The molecule has 0 fully saturated rings. The van der Waals surface area contributed by atoms with Crippen molar-refractivity contribution in [2.24, 2.45) is 0 Å². The Morgan fingerprint density at radius 2 is 2.05 bits per heavy atom. The van der Waals surface area contributed by atoms with Crippen LogP contribution in [0, 0.1) is 0 Å². The molecule has 4 nitrogen and oxygen atoms in total. The third-order valence-electron chi connectivity index (χ3n) is 2.83. The first-order valence-electron chi connectivity index (χ1n) is 5.67. The molecule has 7 heteroatoms. The second kappa shape index (κ2) is 4.73. The van der Waals surface area contributed by atoms with Gasteiger partial charge in [0.25, 0.3) is 10.0 Å². The first kappa shape index (κ1) is 12.8. The standard InChI is InChI=1S/C12H12N2O2S3/c13-9-7-12(18-8-9)19(15,16)14-5-6-17-11-4-2-1-3-10(11)14/h1-4,7-8H,5-6,13H2. The highest BCUT2D eigenvalue weighted by Gasteiger charge is 2.30. The van der Waals surface area contributed by atoms with Crippen LogP contribution in [0.5, 0.6) is 0 Å². The van der Waals surface area contributed by atoms with Crippen molar-refractivity contribution in [2.75, 3.05) is 22.3 Å². The number of para-hydroxylation sites is 1. The predicted octanol–water partition coefficient (Wildman–Crippen LogP) is 2.63. The molecule has 2 aromatic rings. The van der Waals surface area contributed by atoms with E-state index in [2.05, 4.69) is 0 Å². The molecular formula is C12H12N2O2S3. The Hall–Kier alpha value is -1.18. The van der Waals surface area contributed by atoms with Gasteiger partial charge in [-0.15, -0.1) is 23.1 Å². The number of nitrogens with two attached hydrogens (primary N) is 1. The quantitative estimate of drug-likeness (QED) is 0.926. The van der Waals surface area contributed by atoms with Crippen LogP contribution in [0.15, 0.2) is 44.8 Å². The molecule has 1 aromatic carbocycles. The van der Waals surface area contributed by atoms with Gasteiger partial charge in [0.1, 0.15) is 4.21 Å². The molecule has 0 saturated heterocycles. The predicted molar refractivity (Wildman–Crippen MR) is 80.4 cm³/mol. The maximum atomic E-state index is 12.6. The largest absolute Gasteiger partial charge is 0.398 e. The highest BCUT2D eigenvalue weighted by Crippen LogP contribution is 2.38. The molecule has 0 unspecified atom stereocenters. The van der Waals surface area contributed by atoms with Crippen LogP contribution < -0.4 is 10.0 Å². The summed E-state index contributed by atoms with van der Waals surface area (Å²) in [5.74, 6) is 0.761. The molecule has 0 amide bonds. The second-order valence-corrected chi connectivity index (χ2v) is 8.23. The van der Waals surface area contributed by atoms with Gasteiger partial charge in [-0.05, 0) is 18.2 Å². The first-order valence-corrected chi connectivity index (χ1v) is 8.98. The molecule has 0 bridgehead atoms. The second-order valence-electron chi connectivity index (χ2n) is 4.09. The molecule has 0 spiro atoms. The Bertz CT molecular complexity index is 709. The van der Waals surface area contributed by atoms with Crippen LogP contribution in [0.25, 0.3) is 0 Å². The van der Waals surface area contributed by atoms with E-state index in [1.165, 1.54) is 10.4 Å². The topological polar surface area (TPSA) is 63.4 Å². The number of anilines is 2. The van der Waals surface area contributed by atoms with Gasteiger partial charge in [-0.1, -0.05) is 12.1 Å². The van der Waals surface area contributed by atoms with Gasteiger partial charge in [0.15, 0.2) is 0 Å². The van der Waals surface area contributed by atoms with Crippen molar-refractivity contribution in [3.8, 4) is 0 Å². The first-order chi connectivity index (χ1) is 9.09. The third kappa shape index (κ3) is 2.22. The highest BCUT2D eigenvalue weighted by atomic mass is 32.2. The fourth-order valence-corrected chi connectivity index (χ4v) is 5.81. The van der Waals surface area contributed by atoms with Gasteiger partial charge in [0, 0.05) is 28.3 Å². The van der Waals surface area contributed by atoms with Gasteiger partial charge in [-0.2, -0.15) is 0 Å². The summed E-state index contributed by atoms with van der Waals surface area (Å²) in [7, 11) is -3.50. The molecule has 1 aromatic heterocycles. The zero-order valence-electron chi connectivity index (χ0n) is 9.94. The van der Waals surface area contributed by atoms with Crippen LogP contribution in [0.1, 0.15) is 0 Å². The van der Waals surface area contributed by atoms with Crippen LogP contribution in [0.3, 0.4) is 0 Å². The van der Waals surface area contributed by atoms with Gasteiger partial charge in [-0.3, -0.25) is 4.31 Å². The van der Waals surface area contributed by atoms with Crippen molar-refractivity contribution in [3.05, 3.63) is 35.7 Å². The van der Waals surface area contributed by atoms with Gasteiger partial charge < -0.3 is 5.73 Å². The zero-order chi connectivity index (χ0) is 13.5. The minimum atomic E-state index is -3.50. The van der Waals surface area contributed by atoms with E-state index in [4.69, 9.17) is 5.73 Å². The number of thiophene rings is 1. The maximum absolute atomic E-state index is 12.6. The van der Waals surface area contributed by atoms with E-state index in [9.17, 15) is 8.42 Å². The Morgan fingerprint density at radius 1 is 1.26 bits per heavy atom. The lowest BCUT2D eigenvalue weighted by Gasteiger charge is -2.29. The number of nitrogens with zero attached hydrogens (tertiary/aromatic N) is 1. The fourth-order valence-electron chi connectivity index (χ4n) is 1.97. The molecule has 2 heterocycles. The molecular weight excluding hydrogens is 300 g/mol. The van der Waals surface area contributed by atoms with E-state index in [-0.39, 0.29) is 0 Å². The number of sulfonamides is 1. The molecule has 1 aliphatic rings. The van der Waals surface area contributed by atoms with Gasteiger partial charge in [0.05, 0.1) is 5.69 Å². The van der Waals surface area contributed by atoms with E-state index < -0.39 is 10.0 Å². The lowest BCUT2D eigenvalue weighted by atomic mass is 10.3. The summed E-state index contributed by atoms with van der Waals surface area (Å²) >= 11 is 2.84. The number of fused-ring (bicyclic) bond motifs is 1. The SMILES string of the molecule is Nc1csc(S(=O)(=O)N2CCSc3ccccc32)c1. The van der Waals surface area contributed by atoms with Crippen LogP contribution in [0.2, 0.25) is 0 Å². The Morgan fingerprint density at radius 3 is 2.79 bits per heavy atom. The smallest absolute Gasteiger partial charge is 0.273 e. The summed E-state index contributed by atoms with van der Waals surface area (Å²) in [5.41, 5.74) is 6.87. The maximum Gasteiger partial charge on any atom is 0.273 e. The van der Waals surface area contributed by atoms with E-state index in [0.29, 0.717) is 16.4 Å². The van der Waals surface area contributed by atoms with E-state index >= 15 is 0 Å². The fraction of sp³-hybridized carbons (Fsp3) is 0.167. The van der Waals surface area contributed by atoms with Crippen molar-refractivity contribution in [2.45, 2.75) is 9.10 Å². The number of nitrogen functional groups attached to an aromatic ring is 1. The van der Waals surface area contributed by atoms with Crippen molar-refractivity contribution >= 4 is 44.5 Å². The summed E-state index contributed by atoms with van der Waals surface area (Å²) in [6.45, 7) is 0.488. The minimum absolute atomic E-state index is 0.298. The van der Waals surface area contributed by atoms with Crippen LogP contribution in [0.4, 0.5) is 11.4 Å². The molecule has 19 heavy (non-hydrogen) atoms. The van der Waals surface area contributed by atoms with Crippen molar-refractivity contribution in [1.29, 1.82) is 0 Å². The number of hydrogen-bond acceptors (Lipinski definition) is 5. The lowest BCUT2D eigenvalue weighted by Crippen LogP contribution is -2.34. The summed E-state index contributed by atoms with van der Waals surface area (Å²) in [6, 6.07) is 9.09. The summed E-state index contributed by atoms with van der Waals surface area (Å²) in [4.78, 5) is 1.00. The van der Waals surface area contributed by atoms with Gasteiger partial charge >= 0.3 is 0 Å². The molecule has 3 rings (SSSR count). The average Bonchev–Trinajstić information content (AvgIpc) is 2.85. The Balaban J connectivity index is 2.08. The zero-order valence-corrected chi connectivity index (χ0v) is 12.4. The van der Waals surface area contributed by atoms with Crippen molar-refractivity contribution < 1.29 is 8.42 Å². The van der Waals surface area contributed by atoms with Gasteiger partial charge in [-0.25, -0.2) is 8.42 Å². The third-order valence-corrected chi connectivity index (χ3v) is 7.12. The summed E-state index contributed by atoms with van der Waals surface area (Å²) in [6.07, 6.45) is 0.